The van der Waals surface area contributed by atoms with Crippen molar-refractivity contribution >= 4 is 15.7 Å². The minimum atomic E-state index is -3.37. The molecule has 21 heavy (non-hydrogen) atoms. The normalized spacial score (nSPS) is 22.3. The van der Waals surface area contributed by atoms with Gasteiger partial charge in [-0.3, -0.25) is 0 Å². The Morgan fingerprint density at radius 2 is 2.00 bits per heavy atom. The van der Waals surface area contributed by atoms with Crippen LogP contribution in [0.15, 0.2) is 24.3 Å². The van der Waals surface area contributed by atoms with Crippen molar-refractivity contribution in [3.8, 4) is 5.75 Å². The van der Waals surface area contributed by atoms with Crippen LogP contribution in [0.2, 0.25) is 0 Å². The van der Waals surface area contributed by atoms with Crippen LogP contribution in [-0.2, 0) is 14.8 Å². The van der Waals surface area contributed by atoms with Gasteiger partial charge in [-0.1, -0.05) is 0 Å². The fourth-order valence-electron chi connectivity index (χ4n) is 2.47. The van der Waals surface area contributed by atoms with E-state index in [1.54, 1.807) is 31.4 Å². The van der Waals surface area contributed by atoms with Gasteiger partial charge in [0.2, 0.25) is 10.0 Å². The highest BCUT2D eigenvalue weighted by Gasteiger charge is 2.30. The Bertz CT molecular complexity index is 545. The van der Waals surface area contributed by atoms with E-state index in [2.05, 4.69) is 4.72 Å². The van der Waals surface area contributed by atoms with Crippen LogP contribution in [0.1, 0.15) is 19.3 Å². The summed E-state index contributed by atoms with van der Waals surface area (Å²) in [7, 11) is -1.75. The van der Waals surface area contributed by atoms with Gasteiger partial charge in [0.05, 0.1) is 11.9 Å². The molecule has 2 rings (SSSR count). The molecule has 3 N–H and O–H groups in total. The van der Waals surface area contributed by atoms with Gasteiger partial charge in [-0.05, 0) is 43.5 Å². The molecule has 0 amide bonds. The van der Waals surface area contributed by atoms with Gasteiger partial charge in [0, 0.05) is 18.8 Å². The van der Waals surface area contributed by atoms with Gasteiger partial charge >= 0.3 is 0 Å². The highest BCUT2D eigenvalue weighted by molar-refractivity contribution is 7.89. The number of rotatable bonds is 7. The van der Waals surface area contributed by atoms with E-state index in [-0.39, 0.29) is 24.5 Å². The van der Waals surface area contributed by atoms with Crippen LogP contribution in [-0.4, -0.2) is 40.0 Å². The van der Waals surface area contributed by atoms with Gasteiger partial charge in [-0.15, -0.1) is 0 Å². The Hall–Kier alpha value is -1.31. The second kappa shape index (κ2) is 7.11. The van der Waals surface area contributed by atoms with E-state index in [1.807, 2.05) is 0 Å². The van der Waals surface area contributed by atoms with Crippen LogP contribution in [0.3, 0.4) is 0 Å². The third-order valence-electron chi connectivity index (χ3n) is 3.59. The van der Waals surface area contributed by atoms with Crippen LogP contribution in [0.4, 0.5) is 5.69 Å². The summed E-state index contributed by atoms with van der Waals surface area (Å²) < 4.78 is 37.4. The topological polar surface area (TPSA) is 90.6 Å². The molecule has 0 bridgehead atoms. The molecule has 1 saturated carbocycles. The third-order valence-corrected chi connectivity index (χ3v) is 4.95. The van der Waals surface area contributed by atoms with Gasteiger partial charge in [0.1, 0.15) is 12.4 Å². The zero-order valence-corrected chi connectivity index (χ0v) is 12.9. The van der Waals surface area contributed by atoms with E-state index >= 15 is 0 Å². The smallest absolute Gasteiger partial charge is 0.215 e. The number of sulfonamides is 1. The van der Waals surface area contributed by atoms with Crippen molar-refractivity contribution in [2.24, 2.45) is 0 Å². The molecular formula is C14H22N2O4S. The van der Waals surface area contributed by atoms with Crippen LogP contribution in [0.5, 0.6) is 5.75 Å². The molecule has 1 aromatic carbocycles. The summed E-state index contributed by atoms with van der Waals surface area (Å²) in [5.74, 6) is 0.527. The fourth-order valence-corrected chi connectivity index (χ4v) is 3.62. The number of nitrogen functional groups attached to an aromatic ring is 1. The van der Waals surface area contributed by atoms with E-state index in [0.29, 0.717) is 11.4 Å². The average Bonchev–Trinajstić information content (AvgIpc) is 2.87. The van der Waals surface area contributed by atoms with Gasteiger partial charge < -0.3 is 15.2 Å². The Kier molecular flexibility index (Phi) is 5.44. The first-order valence-corrected chi connectivity index (χ1v) is 8.66. The van der Waals surface area contributed by atoms with Crippen molar-refractivity contribution in [2.45, 2.75) is 31.4 Å². The van der Waals surface area contributed by atoms with Crippen molar-refractivity contribution in [3.63, 3.8) is 0 Å². The molecule has 1 aromatic rings. The highest BCUT2D eigenvalue weighted by Crippen LogP contribution is 2.22. The predicted molar refractivity (Wildman–Crippen MR) is 81.7 cm³/mol. The maximum absolute atomic E-state index is 12.0. The van der Waals surface area contributed by atoms with Crippen molar-refractivity contribution in [1.82, 2.24) is 4.72 Å². The number of ether oxygens (including phenoxy) is 2. The lowest BCUT2D eigenvalue weighted by atomic mass is 10.2. The first kappa shape index (κ1) is 16.1. The molecule has 1 fully saturated rings. The van der Waals surface area contributed by atoms with Gasteiger partial charge in [0.15, 0.2) is 0 Å². The second-order valence-corrected chi connectivity index (χ2v) is 7.04. The fraction of sp³-hybridized carbons (Fsp3) is 0.571. The van der Waals surface area contributed by atoms with Crippen molar-refractivity contribution in [2.75, 3.05) is 25.2 Å². The van der Waals surface area contributed by atoms with Crippen LogP contribution >= 0.6 is 0 Å². The summed E-state index contributed by atoms with van der Waals surface area (Å²) in [6.07, 6.45) is 2.66. The number of nitrogens with two attached hydrogens (primary N) is 1. The van der Waals surface area contributed by atoms with Crippen molar-refractivity contribution in [3.05, 3.63) is 24.3 Å². The van der Waals surface area contributed by atoms with Crippen molar-refractivity contribution in [1.29, 1.82) is 0 Å². The van der Waals surface area contributed by atoms with E-state index < -0.39 is 10.0 Å². The molecule has 0 saturated heterocycles. The second-order valence-electron chi connectivity index (χ2n) is 5.17. The molecule has 2 atom stereocenters. The minimum Gasteiger partial charge on any atom is -0.492 e. The summed E-state index contributed by atoms with van der Waals surface area (Å²) in [6.45, 7) is 0.101. The molecule has 1 aliphatic carbocycles. The molecule has 0 radical (unpaired) electrons. The first-order valence-electron chi connectivity index (χ1n) is 7.01. The molecule has 0 heterocycles. The molecule has 2 unspecified atom stereocenters. The lowest BCUT2D eigenvalue weighted by Crippen LogP contribution is -2.42. The SMILES string of the molecule is COC1CCCC1NS(=O)(=O)CCOc1ccc(N)cc1. The molecule has 0 aromatic heterocycles. The molecule has 118 valence electrons. The molecule has 0 spiro atoms. The monoisotopic (exact) mass is 314 g/mol. The summed E-state index contributed by atoms with van der Waals surface area (Å²) in [6, 6.07) is 6.73. The molecule has 7 heteroatoms. The number of anilines is 1. The lowest BCUT2D eigenvalue weighted by Gasteiger charge is -2.19. The quantitative estimate of drug-likeness (QED) is 0.736. The highest BCUT2D eigenvalue weighted by atomic mass is 32.2. The summed E-state index contributed by atoms with van der Waals surface area (Å²) in [5.41, 5.74) is 6.21. The molecule has 0 aliphatic heterocycles. The Morgan fingerprint density at radius 3 is 2.67 bits per heavy atom. The van der Waals surface area contributed by atoms with E-state index in [0.717, 1.165) is 19.3 Å². The van der Waals surface area contributed by atoms with Crippen molar-refractivity contribution < 1.29 is 17.9 Å². The van der Waals surface area contributed by atoms with Crippen LogP contribution in [0, 0.1) is 0 Å². The number of methoxy groups -OCH3 is 1. The third kappa shape index (κ3) is 4.87. The molecule has 6 nitrogen and oxygen atoms in total. The zero-order chi connectivity index (χ0) is 15.3. The average molecular weight is 314 g/mol. The lowest BCUT2D eigenvalue weighted by molar-refractivity contribution is 0.0916. The number of hydrogen-bond donors (Lipinski definition) is 2. The maximum atomic E-state index is 12.0. The Labute approximate surface area is 125 Å². The molecule has 1 aliphatic rings. The largest absolute Gasteiger partial charge is 0.492 e. The van der Waals surface area contributed by atoms with Gasteiger partial charge in [-0.25, -0.2) is 13.1 Å². The zero-order valence-electron chi connectivity index (χ0n) is 12.1. The number of benzene rings is 1. The minimum absolute atomic E-state index is 0.0298. The molecular weight excluding hydrogens is 292 g/mol. The van der Waals surface area contributed by atoms with E-state index in [9.17, 15) is 8.42 Å². The van der Waals surface area contributed by atoms with Gasteiger partial charge in [-0.2, -0.15) is 0 Å². The predicted octanol–water partition coefficient (Wildman–Crippen LogP) is 1.13. The van der Waals surface area contributed by atoms with Crippen LogP contribution < -0.4 is 15.2 Å². The number of hydrogen-bond acceptors (Lipinski definition) is 5. The number of nitrogens with one attached hydrogen (secondary N) is 1. The first-order chi connectivity index (χ1) is 10.00. The Morgan fingerprint density at radius 1 is 1.29 bits per heavy atom. The van der Waals surface area contributed by atoms with E-state index in [1.165, 1.54) is 0 Å². The van der Waals surface area contributed by atoms with Crippen LogP contribution in [0.25, 0.3) is 0 Å². The van der Waals surface area contributed by atoms with Gasteiger partial charge in [0.25, 0.3) is 0 Å². The standard InChI is InChI=1S/C14H22N2O4S/c1-19-14-4-2-3-13(14)16-21(17,18)10-9-20-12-7-5-11(15)6-8-12/h5-8,13-14,16H,2-4,9-10,15H2,1H3. The van der Waals surface area contributed by atoms with E-state index in [4.69, 9.17) is 15.2 Å². The maximum Gasteiger partial charge on any atom is 0.215 e. The summed E-state index contributed by atoms with van der Waals surface area (Å²) >= 11 is 0. The summed E-state index contributed by atoms with van der Waals surface area (Å²) in [4.78, 5) is 0. The Balaban J connectivity index is 1.80. The summed E-state index contributed by atoms with van der Waals surface area (Å²) in [5, 5.41) is 0.